The molecule has 10 heteroatoms. The zero-order valence-electron chi connectivity index (χ0n) is 23.7. The second-order valence-electron chi connectivity index (χ2n) is 9.90. The first-order chi connectivity index (χ1) is 19.8. The van der Waals surface area contributed by atoms with Crippen molar-refractivity contribution in [2.75, 3.05) is 34.3 Å². The largest absolute Gasteiger partial charge is 0.497 e. The predicted octanol–water partition coefficient (Wildman–Crippen LogP) is 2.70. The van der Waals surface area contributed by atoms with Gasteiger partial charge in [-0.1, -0.05) is 54.6 Å². The van der Waals surface area contributed by atoms with Crippen molar-refractivity contribution in [2.45, 2.75) is 31.7 Å². The van der Waals surface area contributed by atoms with E-state index in [1.54, 1.807) is 24.1 Å². The van der Waals surface area contributed by atoms with Crippen LogP contribution in [0.15, 0.2) is 78.9 Å². The monoisotopic (exact) mass is 563 g/mol. The molecule has 3 aromatic carbocycles. The number of aldehydes is 1. The van der Waals surface area contributed by atoms with Gasteiger partial charge in [0.2, 0.25) is 12.3 Å². The lowest BCUT2D eigenvalue weighted by Gasteiger charge is -2.51. The van der Waals surface area contributed by atoms with Crippen LogP contribution in [0, 0.1) is 5.82 Å². The average Bonchev–Trinajstić information content (AvgIpc) is 2.96. The summed E-state index contributed by atoms with van der Waals surface area (Å²) in [6.07, 6.45) is 1.15. The molecule has 0 aromatic heterocycles. The van der Waals surface area contributed by atoms with Crippen molar-refractivity contribution in [3.63, 3.8) is 0 Å². The van der Waals surface area contributed by atoms with Crippen LogP contribution < -0.4 is 10.5 Å². The van der Waals surface area contributed by atoms with Gasteiger partial charge in [0.05, 0.1) is 19.7 Å². The molecule has 4 rings (SSSR count). The number of primary amides is 1. The third kappa shape index (κ3) is 8.94. The highest BCUT2D eigenvalue weighted by Crippen LogP contribution is 2.24. The Morgan fingerprint density at radius 3 is 2.20 bits per heavy atom. The van der Waals surface area contributed by atoms with Crippen molar-refractivity contribution < 1.29 is 23.5 Å². The van der Waals surface area contributed by atoms with Gasteiger partial charge >= 0.3 is 0 Å². The van der Waals surface area contributed by atoms with Gasteiger partial charge in [0.15, 0.2) is 0 Å². The molecule has 1 aliphatic rings. The fourth-order valence-electron chi connectivity index (χ4n) is 4.95. The van der Waals surface area contributed by atoms with E-state index in [2.05, 4.69) is 15.6 Å². The molecular formula is C31H38FN5O4. The number of halogens is 1. The first-order valence-corrected chi connectivity index (χ1v) is 13.3. The molecule has 1 unspecified atom stereocenters. The van der Waals surface area contributed by atoms with E-state index >= 15 is 0 Å². The summed E-state index contributed by atoms with van der Waals surface area (Å²) in [5, 5.41) is 4.00. The molecule has 1 aliphatic heterocycles. The van der Waals surface area contributed by atoms with Gasteiger partial charge in [-0.3, -0.25) is 14.5 Å². The van der Waals surface area contributed by atoms with Gasteiger partial charge in [0.25, 0.3) is 0 Å². The molecule has 218 valence electrons. The molecule has 2 amide bonds. The molecule has 0 saturated carbocycles. The topological polar surface area (TPSA) is 99.4 Å². The number of hydrogen-bond acceptors (Lipinski definition) is 7. The first-order valence-electron chi connectivity index (χ1n) is 13.3. The number of likely N-dealkylation sites (N-methyl/N-ethyl adjacent to an activating group) is 2. The number of rotatable bonds is 11. The molecule has 3 aromatic rings. The van der Waals surface area contributed by atoms with Gasteiger partial charge in [-0.25, -0.2) is 14.4 Å². The molecule has 0 aliphatic carbocycles. The summed E-state index contributed by atoms with van der Waals surface area (Å²) in [5.41, 5.74) is 7.18. The van der Waals surface area contributed by atoms with Gasteiger partial charge in [-0.15, -0.1) is 0 Å². The average molecular weight is 564 g/mol. The minimum absolute atomic E-state index is 0.0984. The second-order valence-corrected chi connectivity index (χ2v) is 9.90. The Labute approximate surface area is 240 Å². The number of hydrazine groups is 1. The predicted molar refractivity (Wildman–Crippen MR) is 155 cm³/mol. The van der Waals surface area contributed by atoms with Crippen LogP contribution in [-0.2, 0) is 33.9 Å². The smallest absolute Gasteiger partial charge is 0.240 e. The second kappa shape index (κ2) is 15.6. The number of methoxy groups -OCH3 is 1. The van der Waals surface area contributed by atoms with Crippen molar-refractivity contribution in [3.05, 3.63) is 101 Å². The standard InChI is InChI=1S/C30H35FN4O3.CH3NO/c1-32(18-24-11-15-28(38-3)16-12-24)20-29-34(19-25-9-13-26(31)14-10-25)33(2)21-30(37)35(29)27(22-36)17-23-7-5-4-6-8-23;2-1-3/h4-16,22,27,29H,17-21H2,1-3H3;1H,(H2,2,3)/t27-,29?;/m0./s1. The number of nitrogens with zero attached hydrogens (tertiary/aromatic N) is 4. The highest BCUT2D eigenvalue weighted by atomic mass is 19.1. The van der Waals surface area contributed by atoms with Gasteiger partial charge in [0, 0.05) is 26.7 Å². The van der Waals surface area contributed by atoms with E-state index in [0.29, 0.717) is 26.1 Å². The number of ether oxygens (including phenoxy) is 1. The highest BCUT2D eigenvalue weighted by molar-refractivity contribution is 5.82. The van der Waals surface area contributed by atoms with E-state index in [0.717, 1.165) is 28.7 Å². The van der Waals surface area contributed by atoms with Crippen LogP contribution in [0.4, 0.5) is 4.39 Å². The van der Waals surface area contributed by atoms with Crippen molar-refractivity contribution in [3.8, 4) is 5.75 Å². The zero-order valence-corrected chi connectivity index (χ0v) is 23.7. The van der Waals surface area contributed by atoms with Crippen LogP contribution >= 0.6 is 0 Å². The maximum absolute atomic E-state index is 13.6. The molecule has 1 heterocycles. The number of nitrogens with two attached hydrogens (primary N) is 1. The molecule has 1 fully saturated rings. The number of amides is 2. The maximum atomic E-state index is 13.6. The van der Waals surface area contributed by atoms with E-state index in [4.69, 9.17) is 9.53 Å². The van der Waals surface area contributed by atoms with Crippen LogP contribution in [0.25, 0.3) is 0 Å². The lowest BCUT2D eigenvalue weighted by atomic mass is 10.0. The van der Waals surface area contributed by atoms with Crippen molar-refractivity contribution in [1.29, 1.82) is 0 Å². The summed E-state index contributed by atoms with van der Waals surface area (Å²) in [5.74, 6) is 0.401. The number of benzene rings is 3. The Kier molecular flexibility index (Phi) is 12.0. The Bertz CT molecular complexity index is 1240. The minimum Gasteiger partial charge on any atom is -0.497 e. The third-order valence-electron chi connectivity index (χ3n) is 6.90. The molecule has 0 spiro atoms. The molecule has 2 N–H and O–H groups in total. The molecule has 41 heavy (non-hydrogen) atoms. The van der Waals surface area contributed by atoms with Crippen LogP contribution in [-0.4, -0.2) is 84.9 Å². The van der Waals surface area contributed by atoms with Crippen LogP contribution in [0.1, 0.15) is 16.7 Å². The summed E-state index contributed by atoms with van der Waals surface area (Å²) < 4.78 is 18.9. The number of hydrogen-bond donors (Lipinski definition) is 1. The van der Waals surface area contributed by atoms with Crippen LogP contribution in [0.2, 0.25) is 0 Å². The normalized spacial score (nSPS) is 16.6. The minimum atomic E-state index is -0.617. The molecule has 2 atom stereocenters. The Morgan fingerprint density at radius 1 is 1.00 bits per heavy atom. The van der Waals surface area contributed by atoms with E-state index in [1.165, 1.54) is 12.1 Å². The highest BCUT2D eigenvalue weighted by Gasteiger charge is 2.41. The fourth-order valence-corrected chi connectivity index (χ4v) is 4.95. The molecule has 0 radical (unpaired) electrons. The maximum Gasteiger partial charge on any atom is 0.240 e. The SMILES string of the molecule is COc1ccc(CN(C)CC2N([C@H](C=O)Cc3ccccc3)C(=O)CN(C)N2Cc2ccc(F)cc2)cc1.NC=O. The Hall–Kier alpha value is -4.12. The van der Waals surface area contributed by atoms with E-state index in [-0.39, 0.29) is 24.7 Å². The van der Waals surface area contributed by atoms with E-state index in [9.17, 15) is 14.0 Å². The molecule has 9 nitrogen and oxygen atoms in total. The lowest BCUT2D eigenvalue weighted by molar-refractivity contribution is -0.186. The quantitative estimate of drug-likeness (QED) is 0.358. The zero-order chi connectivity index (χ0) is 29.8. The Balaban J connectivity index is 0.00000147. The van der Waals surface area contributed by atoms with E-state index < -0.39 is 12.2 Å². The summed E-state index contributed by atoms with van der Waals surface area (Å²) in [4.78, 5) is 38.4. The summed E-state index contributed by atoms with van der Waals surface area (Å²) >= 11 is 0. The van der Waals surface area contributed by atoms with Crippen LogP contribution in [0.3, 0.4) is 0 Å². The van der Waals surface area contributed by atoms with E-state index in [1.807, 2.05) is 73.7 Å². The summed E-state index contributed by atoms with van der Waals surface area (Å²) in [6, 6.07) is 23.4. The summed E-state index contributed by atoms with van der Waals surface area (Å²) in [7, 11) is 5.52. The number of carbonyl (C=O) groups is 3. The molecule has 1 saturated heterocycles. The van der Waals surface area contributed by atoms with Crippen LogP contribution in [0.5, 0.6) is 5.75 Å². The third-order valence-corrected chi connectivity index (χ3v) is 6.90. The summed E-state index contributed by atoms with van der Waals surface area (Å²) in [6.45, 7) is 1.78. The van der Waals surface area contributed by atoms with Crippen molar-refractivity contribution >= 4 is 18.6 Å². The van der Waals surface area contributed by atoms with Crippen molar-refractivity contribution in [2.24, 2.45) is 5.73 Å². The van der Waals surface area contributed by atoms with Crippen molar-refractivity contribution in [1.82, 2.24) is 19.8 Å². The van der Waals surface area contributed by atoms with Gasteiger partial charge in [-0.05, 0) is 54.4 Å². The fraction of sp³-hybridized carbons (Fsp3) is 0.323. The van der Waals surface area contributed by atoms with Gasteiger partial charge < -0.3 is 20.2 Å². The molecular weight excluding hydrogens is 525 g/mol. The lowest BCUT2D eigenvalue weighted by Crippen LogP contribution is -2.68. The van der Waals surface area contributed by atoms with Gasteiger partial charge in [-0.2, -0.15) is 0 Å². The Morgan fingerprint density at radius 2 is 1.61 bits per heavy atom. The first kappa shape index (κ1) is 31.4. The molecule has 0 bridgehead atoms. The number of carbonyl (C=O) groups excluding carboxylic acids is 3. The van der Waals surface area contributed by atoms with Gasteiger partial charge in [0.1, 0.15) is 24.0 Å².